The molecule has 0 radical (unpaired) electrons. The highest BCUT2D eigenvalue weighted by Gasteiger charge is 2.30. The van der Waals surface area contributed by atoms with E-state index in [4.69, 9.17) is 14.2 Å². The first-order valence-electron chi connectivity index (χ1n) is 12.9. The van der Waals surface area contributed by atoms with E-state index in [9.17, 15) is 9.18 Å². The number of nitrogens with one attached hydrogen (secondary N) is 1. The van der Waals surface area contributed by atoms with Crippen LogP contribution in [-0.4, -0.2) is 61.9 Å². The fraction of sp³-hybridized carbons (Fsp3) is 0.300. The highest BCUT2D eigenvalue weighted by molar-refractivity contribution is 6.10. The number of methoxy groups -OCH3 is 1. The van der Waals surface area contributed by atoms with E-state index in [2.05, 4.69) is 5.32 Å². The van der Waals surface area contributed by atoms with Crippen molar-refractivity contribution in [1.82, 2.24) is 14.8 Å². The standard InChI is InChI=1S/C30H32FN3O4/c1-21-12-13-22(31)20-27(21)38-30-28(29(35)33-16-14-32-15-17-33)23-8-3-4-9-24(23)34(30)25-10-5-6-11-26(25)37-19-7-18-36-2/h3-6,8-13,20,32H,7,14-19H2,1-2H3. The molecule has 38 heavy (non-hydrogen) atoms. The summed E-state index contributed by atoms with van der Waals surface area (Å²) in [6.07, 6.45) is 0.732. The number of hydrogen-bond donors (Lipinski definition) is 1. The van der Waals surface area contributed by atoms with Crippen molar-refractivity contribution in [2.24, 2.45) is 0 Å². The Labute approximate surface area is 221 Å². The van der Waals surface area contributed by atoms with Gasteiger partial charge in [-0.25, -0.2) is 4.39 Å². The minimum absolute atomic E-state index is 0.121. The molecule has 1 amide bonds. The molecule has 1 aromatic heterocycles. The van der Waals surface area contributed by atoms with Crippen LogP contribution in [-0.2, 0) is 4.74 Å². The van der Waals surface area contributed by atoms with Gasteiger partial charge in [-0.1, -0.05) is 36.4 Å². The lowest BCUT2D eigenvalue weighted by molar-refractivity contribution is 0.0735. The minimum Gasteiger partial charge on any atom is -0.491 e. The maximum Gasteiger partial charge on any atom is 0.260 e. The van der Waals surface area contributed by atoms with Gasteiger partial charge in [-0.15, -0.1) is 0 Å². The Bertz CT molecular complexity index is 1430. The zero-order chi connectivity index (χ0) is 26.5. The van der Waals surface area contributed by atoms with Gasteiger partial charge in [0.25, 0.3) is 5.91 Å². The highest BCUT2D eigenvalue weighted by Crippen LogP contribution is 2.41. The van der Waals surface area contributed by atoms with Gasteiger partial charge in [0.2, 0.25) is 5.88 Å². The summed E-state index contributed by atoms with van der Waals surface area (Å²) in [5.41, 5.74) is 2.72. The van der Waals surface area contributed by atoms with Crippen LogP contribution < -0.4 is 14.8 Å². The van der Waals surface area contributed by atoms with E-state index in [0.29, 0.717) is 49.2 Å². The molecule has 2 heterocycles. The van der Waals surface area contributed by atoms with Gasteiger partial charge in [-0.2, -0.15) is 0 Å². The zero-order valence-corrected chi connectivity index (χ0v) is 21.7. The number of rotatable bonds is 9. The molecule has 0 spiro atoms. The van der Waals surface area contributed by atoms with E-state index in [1.165, 1.54) is 12.1 Å². The molecule has 3 aromatic carbocycles. The number of halogens is 1. The third kappa shape index (κ3) is 5.23. The molecule has 0 aliphatic carbocycles. The van der Waals surface area contributed by atoms with Gasteiger partial charge in [0.1, 0.15) is 22.9 Å². The number of nitrogens with zero attached hydrogens (tertiary/aromatic N) is 2. The molecule has 8 heteroatoms. The van der Waals surface area contributed by atoms with Crippen LogP contribution in [0.3, 0.4) is 0 Å². The molecular formula is C30H32FN3O4. The maximum absolute atomic E-state index is 14.3. The third-order valence-corrected chi connectivity index (χ3v) is 6.66. The Hall–Kier alpha value is -3.88. The first-order chi connectivity index (χ1) is 18.6. The number of aryl methyl sites for hydroxylation is 1. The SMILES string of the molecule is COCCCOc1ccccc1-n1c(Oc2cc(F)ccc2C)c(C(=O)N2CCNCC2)c2ccccc21. The summed E-state index contributed by atoms with van der Waals surface area (Å²) in [5.74, 6) is 0.791. The average Bonchev–Trinajstić information content (AvgIpc) is 3.27. The number of ether oxygens (including phenoxy) is 3. The summed E-state index contributed by atoms with van der Waals surface area (Å²) < 4.78 is 34.0. The second-order valence-corrected chi connectivity index (χ2v) is 9.25. The Kier molecular flexibility index (Phi) is 7.91. The number of benzene rings is 3. The molecule has 7 nitrogen and oxygen atoms in total. The van der Waals surface area contributed by atoms with Crippen molar-refractivity contribution < 1.29 is 23.4 Å². The Morgan fingerprint density at radius 1 is 0.974 bits per heavy atom. The van der Waals surface area contributed by atoms with E-state index in [1.807, 2.05) is 64.9 Å². The summed E-state index contributed by atoms with van der Waals surface area (Å²) in [6.45, 7) is 5.54. The summed E-state index contributed by atoms with van der Waals surface area (Å²) in [6, 6.07) is 19.8. The van der Waals surface area contributed by atoms with Crippen molar-refractivity contribution in [3.63, 3.8) is 0 Å². The maximum atomic E-state index is 14.3. The average molecular weight is 518 g/mol. The van der Waals surface area contributed by atoms with Gasteiger partial charge >= 0.3 is 0 Å². The van der Waals surface area contributed by atoms with Gasteiger partial charge in [0.15, 0.2) is 0 Å². The van der Waals surface area contributed by atoms with E-state index in [1.54, 1.807) is 13.2 Å². The Morgan fingerprint density at radius 2 is 1.74 bits per heavy atom. The summed E-state index contributed by atoms with van der Waals surface area (Å²) in [5, 5.41) is 4.05. The van der Waals surface area contributed by atoms with E-state index < -0.39 is 5.82 Å². The van der Waals surface area contributed by atoms with Gasteiger partial charge in [-0.3, -0.25) is 9.36 Å². The Balaban J connectivity index is 1.71. The number of piperazine rings is 1. The van der Waals surface area contributed by atoms with Gasteiger partial charge in [0.05, 0.1) is 17.8 Å². The lowest BCUT2D eigenvalue weighted by Gasteiger charge is -2.27. The van der Waals surface area contributed by atoms with Crippen LogP contribution in [0.2, 0.25) is 0 Å². The number of amides is 1. The molecule has 198 valence electrons. The molecule has 0 saturated carbocycles. The monoisotopic (exact) mass is 517 g/mol. The number of para-hydroxylation sites is 3. The van der Waals surface area contributed by atoms with Gasteiger partial charge in [-0.05, 0) is 36.8 Å². The predicted octanol–water partition coefficient (Wildman–Crippen LogP) is 5.33. The molecule has 1 aliphatic rings. The van der Waals surface area contributed by atoms with Crippen LogP contribution >= 0.6 is 0 Å². The molecule has 5 rings (SSSR count). The topological polar surface area (TPSA) is 65.0 Å². The predicted molar refractivity (Wildman–Crippen MR) is 145 cm³/mol. The number of carbonyl (C=O) groups is 1. The van der Waals surface area contributed by atoms with E-state index in [-0.39, 0.29) is 5.91 Å². The highest BCUT2D eigenvalue weighted by atomic mass is 19.1. The van der Waals surface area contributed by atoms with Crippen molar-refractivity contribution in [2.45, 2.75) is 13.3 Å². The first-order valence-corrected chi connectivity index (χ1v) is 12.9. The molecule has 4 aromatic rings. The first kappa shape index (κ1) is 25.8. The fourth-order valence-electron chi connectivity index (χ4n) is 4.72. The Morgan fingerprint density at radius 3 is 2.55 bits per heavy atom. The van der Waals surface area contributed by atoms with Crippen molar-refractivity contribution >= 4 is 16.8 Å². The fourth-order valence-corrected chi connectivity index (χ4v) is 4.72. The number of hydrogen-bond acceptors (Lipinski definition) is 5. The lowest BCUT2D eigenvalue weighted by atomic mass is 10.1. The molecular weight excluding hydrogens is 485 g/mol. The lowest BCUT2D eigenvalue weighted by Crippen LogP contribution is -2.46. The molecule has 0 bridgehead atoms. The third-order valence-electron chi connectivity index (χ3n) is 6.66. The molecule has 0 atom stereocenters. The molecule has 0 unspecified atom stereocenters. The van der Waals surface area contributed by atoms with Crippen molar-refractivity contribution in [2.75, 3.05) is 46.5 Å². The van der Waals surface area contributed by atoms with Crippen LogP contribution in [0.25, 0.3) is 16.6 Å². The summed E-state index contributed by atoms with van der Waals surface area (Å²) in [7, 11) is 1.66. The molecule has 1 N–H and O–H groups in total. The van der Waals surface area contributed by atoms with Crippen LogP contribution in [0.4, 0.5) is 4.39 Å². The van der Waals surface area contributed by atoms with Crippen LogP contribution in [0.15, 0.2) is 66.7 Å². The smallest absolute Gasteiger partial charge is 0.260 e. The number of carbonyl (C=O) groups excluding carboxylic acids is 1. The van der Waals surface area contributed by atoms with Crippen molar-refractivity contribution in [1.29, 1.82) is 0 Å². The second kappa shape index (κ2) is 11.7. The number of fused-ring (bicyclic) bond motifs is 1. The summed E-state index contributed by atoms with van der Waals surface area (Å²) in [4.78, 5) is 15.9. The van der Waals surface area contributed by atoms with Gasteiger partial charge in [0, 0.05) is 57.8 Å². The number of aromatic nitrogens is 1. The quantitative estimate of drug-likeness (QED) is 0.304. The van der Waals surface area contributed by atoms with E-state index in [0.717, 1.165) is 41.7 Å². The van der Waals surface area contributed by atoms with Crippen molar-refractivity contribution in [3.8, 4) is 23.1 Å². The molecule has 1 fully saturated rings. The zero-order valence-electron chi connectivity index (χ0n) is 21.7. The minimum atomic E-state index is -0.412. The van der Waals surface area contributed by atoms with Gasteiger partial charge < -0.3 is 24.4 Å². The molecule has 1 aliphatic heterocycles. The van der Waals surface area contributed by atoms with Crippen LogP contribution in [0, 0.1) is 12.7 Å². The van der Waals surface area contributed by atoms with Crippen LogP contribution in [0.5, 0.6) is 17.4 Å². The largest absolute Gasteiger partial charge is 0.491 e. The summed E-state index contributed by atoms with van der Waals surface area (Å²) >= 11 is 0. The van der Waals surface area contributed by atoms with Crippen LogP contribution in [0.1, 0.15) is 22.3 Å². The normalized spacial score (nSPS) is 13.6. The van der Waals surface area contributed by atoms with E-state index >= 15 is 0 Å². The second-order valence-electron chi connectivity index (χ2n) is 9.25. The van der Waals surface area contributed by atoms with Crippen molar-refractivity contribution in [3.05, 3.63) is 83.7 Å². The molecule has 1 saturated heterocycles.